The SMILES string of the molecule is CCCOCC(=O)c1nccc2ccccc12. The lowest BCUT2D eigenvalue weighted by Gasteiger charge is -2.05. The maximum Gasteiger partial charge on any atom is 0.207 e. The normalized spacial score (nSPS) is 10.6. The molecule has 0 spiro atoms. The molecule has 0 aliphatic heterocycles. The van der Waals surface area contributed by atoms with Crippen LogP contribution in [0.1, 0.15) is 23.8 Å². The van der Waals surface area contributed by atoms with E-state index < -0.39 is 0 Å². The summed E-state index contributed by atoms with van der Waals surface area (Å²) in [7, 11) is 0. The lowest BCUT2D eigenvalue weighted by molar-refractivity contribution is 0.0758. The fraction of sp³-hybridized carbons (Fsp3) is 0.286. The molecule has 0 aliphatic rings. The Balaban J connectivity index is 2.26. The molecule has 2 aromatic rings. The third kappa shape index (κ3) is 2.68. The van der Waals surface area contributed by atoms with Crippen LogP contribution in [0.5, 0.6) is 0 Å². The van der Waals surface area contributed by atoms with Crippen molar-refractivity contribution in [2.75, 3.05) is 13.2 Å². The number of ether oxygens (including phenoxy) is 1. The molecule has 0 saturated carbocycles. The summed E-state index contributed by atoms with van der Waals surface area (Å²) in [6.45, 7) is 2.73. The molecule has 0 aliphatic carbocycles. The largest absolute Gasteiger partial charge is 0.373 e. The summed E-state index contributed by atoms with van der Waals surface area (Å²) < 4.78 is 5.26. The minimum atomic E-state index is -0.0600. The van der Waals surface area contributed by atoms with Gasteiger partial charge in [0.1, 0.15) is 12.3 Å². The van der Waals surface area contributed by atoms with Gasteiger partial charge in [-0.1, -0.05) is 31.2 Å². The molecule has 1 aromatic heterocycles. The van der Waals surface area contributed by atoms with Gasteiger partial charge >= 0.3 is 0 Å². The molecular weight excluding hydrogens is 214 g/mol. The number of carbonyl (C=O) groups is 1. The van der Waals surface area contributed by atoms with Gasteiger partial charge in [-0.05, 0) is 17.9 Å². The summed E-state index contributed by atoms with van der Waals surface area (Å²) >= 11 is 0. The number of pyridine rings is 1. The van der Waals surface area contributed by atoms with Gasteiger partial charge in [0.2, 0.25) is 5.78 Å². The van der Waals surface area contributed by atoms with Crippen molar-refractivity contribution in [2.45, 2.75) is 13.3 Å². The zero-order chi connectivity index (χ0) is 12.1. The number of hydrogen-bond acceptors (Lipinski definition) is 3. The van der Waals surface area contributed by atoms with Gasteiger partial charge in [0.15, 0.2) is 0 Å². The van der Waals surface area contributed by atoms with E-state index in [0.717, 1.165) is 17.2 Å². The predicted octanol–water partition coefficient (Wildman–Crippen LogP) is 2.84. The first kappa shape index (κ1) is 11.7. The number of hydrogen-bond donors (Lipinski definition) is 0. The van der Waals surface area contributed by atoms with Gasteiger partial charge in [0, 0.05) is 18.2 Å². The minimum absolute atomic E-state index is 0.0600. The molecule has 2 rings (SSSR count). The molecule has 0 bridgehead atoms. The van der Waals surface area contributed by atoms with E-state index >= 15 is 0 Å². The fourth-order valence-electron chi connectivity index (χ4n) is 1.72. The van der Waals surface area contributed by atoms with Gasteiger partial charge < -0.3 is 4.74 Å². The van der Waals surface area contributed by atoms with E-state index in [1.54, 1.807) is 6.20 Å². The van der Waals surface area contributed by atoms with Crippen molar-refractivity contribution >= 4 is 16.6 Å². The highest BCUT2D eigenvalue weighted by Gasteiger charge is 2.11. The van der Waals surface area contributed by atoms with Crippen LogP contribution in [0, 0.1) is 0 Å². The van der Waals surface area contributed by atoms with Crippen molar-refractivity contribution in [3.8, 4) is 0 Å². The number of fused-ring (bicyclic) bond motifs is 1. The Morgan fingerprint density at radius 3 is 2.94 bits per heavy atom. The Morgan fingerprint density at radius 2 is 2.12 bits per heavy atom. The van der Waals surface area contributed by atoms with Gasteiger partial charge in [-0.3, -0.25) is 9.78 Å². The van der Waals surface area contributed by atoms with Crippen molar-refractivity contribution < 1.29 is 9.53 Å². The Morgan fingerprint density at radius 1 is 1.29 bits per heavy atom. The molecule has 1 heterocycles. The van der Waals surface area contributed by atoms with Crippen molar-refractivity contribution in [3.63, 3.8) is 0 Å². The van der Waals surface area contributed by atoms with Crippen LogP contribution in [-0.4, -0.2) is 24.0 Å². The van der Waals surface area contributed by atoms with E-state index in [2.05, 4.69) is 4.98 Å². The highest BCUT2D eigenvalue weighted by molar-refractivity contribution is 6.06. The Kier molecular flexibility index (Phi) is 3.83. The molecule has 1 aromatic carbocycles. The average molecular weight is 229 g/mol. The van der Waals surface area contributed by atoms with Crippen LogP contribution < -0.4 is 0 Å². The zero-order valence-corrected chi connectivity index (χ0v) is 9.85. The summed E-state index contributed by atoms with van der Waals surface area (Å²) in [5, 5.41) is 1.92. The van der Waals surface area contributed by atoms with Crippen LogP contribution in [0.25, 0.3) is 10.8 Å². The van der Waals surface area contributed by atoms with Crippen LogP contribution in [0.4, 0.5) is 0 Å². The van der Waals surface area contributed by atoms with Crippen LogP contribution in [0.3, 0.4) is 0 Å². The summed E-state index contributed by atoms with van der Waals surface area (Å²) in [6, 6.07) is 9.65. The molecule has 3 heteroatoms. The first-order valence-electron chi connectivity index (χ1n) is 5.77. The van der Waals surface area contributed by atoms with Crippen LogP contribution in [0.15, 0.2) is 36.5 Å². The van der Waals surface area contributed by atoms with Crippen LogP contribution in [0.2, 0.25) is 0 Å². The molecule has 17 heavy (non-hydrogen) atoms. The highest BCUT2D eigenvalue weighted by Crippen LogP contribution is 2.16. The maximum absolute atomic E-state index is 11.9. The van der Waals surface area contributed by atoms with Gasteiger partial charge in [0.25, 0.3) is 0 Å². The van der Waals surface area contributed by atoms with Crippen molar-refractivity contribution in [1.29, 1.82) is 0 Å². The van der Waals surface area contributed by atoms with E-state index in [1.165, 1.54) is 0 Å². The summed E-state index contributed by atoms with van der Waals surface area (Å²) in [4.78, 5) is 16.1. The van der Waals surface area contributed by atoms with Crippen LogP contribution >= 0.6 is 0 Å². The first-order chi connectivity index (χ1) is 8.33. The lowest BCUT2D eigenvalue weighted by Crippen LogP contribution is -2.11. The smallest absolute Gasteiger partial charge is 0.207 e. The predicted molar refractivity (Wildman–Crippen MR) is 67.2 cm³/mol. The molecular formula is C14H15NO2. The molecule has 0 radical (unpaired) electrons. The number of Topliss-reactive ketones (excluding diaryl/α,β-unsaturated/α-hetero) is 1. The molecule has 0 N–H and O–H groups in total. The Bertz CT molecular complexity index is 517. The number of benzene rings is 1. The molecule has 0 amide bonds. The van der Waals surface area contributed by atoms with E-state index in [0.29, 0.717) is 12.3 Å². The number of rotatable bonds is 5. The topological polar surface area (TPSA) is 39.2 Å². The number of nitrogens with zero attached hydrogens (tertiary/aromatic N) is 1. The van der Waals surface area contributed by atoms with Crippen molar-refractivity contribution in [1.82, 2.24) is 4.98 Å². The average Bonchev–Trinajstić information content (AvgIpc) is 2.38. The molecule has 0 saturated heterocycles. The Hall–Kier alpha value is -1.74. The zero-order valence-electron chi connectivity index (χ0n) is 9.85. The molecule has 0 fully saturated rings. The number of aromatic nitrogens is 1. The first-order valence-corrected chi connectivity index (χ1v) is 5.77. The lowest BCUT2D eigenvalue weighted by atomic mass is 10.1. The van der Waals surface area contributed by atoms with Gasteiger partial charge in [-0.25, -0.2) is 0 Å². The second-order valence-corrected chi connectivity index (χ2v) is 3.86. The van der Waals surface area contributed by atoms with Gasteiger partial charge in [-0.2, -0.15) is 0 Å². The molecule has 0 unspecified atom stereocenters. The maximum atomic E-state index is 11.9. The summed E-state index contributed by atoms with van der Waals surface area (Å²) in [5.41, 5.74) is 0.499. The van der Waals surface area contributed by atoms with Crippen molar-refractivity contribution in [3.05, 3.63) is 42.2 Å². The standard InChI is InChI=1S/C14H15NO2/c1-2-9-17-10-13(16)14-12-6-4-3-5-11(12)7-8-15-14/h3-8H,2,9-10H2,1H3. The van der Waals surface area contributed by atoms with E-state index in [-0.39, 0.29) is 12.4 Å². The highest BCUT2D eigenvalue weighted by atomic mass is 16.5. The third-order valence-electron chi connectivity index (χ3n) is 2.52. The monoisotopic (exact) mass is 229 g/mol. The van der Waals surface area contributed by atoms with Gasteiger partial charge in [0.05, 0.1) is 0 Å². The van der Waals surface area contributed by atoms with Crippen LogP contribution in [-0.2, 0) is 4.74 Å². The third-order valence-corrected chi connectivity index (χ3v) is 2.52. The minimum Gasteiger partial charge on any atom is -0.373 e. The van der Waals surface area contributed by atoms with E-state index in [1.807, 2.05) is 37.3 Å². The second-order valence-electron chi connectivity index (χ2n) is 3.86. The summed E-state index contributed by atoms with van der Waals surface area (Å²) in [6.07, 6.45) is 2.58. The quantitative estimate of drug-likeness (QED) is 0.584. The van der Waals surface area contributed by atoms with E-state index in [9.17, 15) is 4.79 Å². The molecule has 88 valence electrons. The number of carbonyl (C=O) groups excluding carboxylic acids is 1. The molecule has 0 atom stereocenters. The molecule has 3 nitrogen and oxygen atoms in total. The second kappa shape index (κ2) is 5.55. The van der Waals surface area contributed by atoms with Crippen molar-refractivity contribution in [2.24, 2.45) is 0 Å². The van der Waals surface area contributed by atoms with Gasteiger partial charge in [-0.15, -0.1) is 0 Å². The number of ketones is 1. The Labute approximate surface area is 100 Å². The van der Waals surface area contributed by atoms with E-state index in [4.69, 9.17) is 4.74 Å². The summed E-state index contributed by atoms with van der Waals surface area (Å²) in [5.74, 6) is -0.0600. The fourth-order valence-corrected chi connectivity index (χ4v) is 1.72.